The number of carbonyl (C=O) groups is 1. The van der Waals surface area contributed by atoms with Crippen LogP contribution in [0.15, 0.2) is 5.16 Å². The first-order valence-corrected chi connectivity index (χ1v) is 5.53. The van der Waals surface area contributed by atoms with Crippen LogP contribution in [-0.4, -0.2) is 16.7 Å². The molecule has 0 aromatic rings. The molecule has 0 aromatic heterocycles. The average molecular weight is 197 g/mol. The van der Waals surface area contributed by atoms with Gasteiger partial charge >= 0.3 is 0 Å². The van der Waals surface area contributed by atoms with Crippen molar-refractivity contribution in [2.45, 2.75) is 51.9 Å². The molecule has 1 aliphatic carbocycles. The fourth-order valence-corrected chi connectivity index (χ4v) is 2.02. The van der Waals surface area contributed by atoms with E-state index in [1.165, 1.54) is 0 Å². The molecule has 14 heavy (non-hydrogen) atoms. The highest BCUT2D eigenvalue weighted by atomic mass is 16.4. The Morgan fingerprint density at radius 1 is 1.43 bits per heavy atom. The topological polar surface area (TPSA) is 49.7 Å². The summed E-state index contributed by atoms with van der Waals surface area (Å²) in [6.07, 6.45) is 6.55. The Hall–Kier alpha value is -0.860. The van der Waals surface area contributed by atoms with Gasteiger partial charge in [0.1, 0.15) is 5.78 Å². The third-order valence-electron chi connectivity index (χ3n) is 2.87. The van der Waals surface area contributed by atoms with Gasteiger partial charge in [-0.3, -0.25) is 4.79 Å². The zero-order chi connectivity index (χ0) is 10.4. The summed E-state index contributed by atoms with van der Waals surface area (Å²) in [5.74, 6) is 0.181. The van der Waals surface area contributed by atoms with Crippen molar-refractivity contribution in [3.05, 3.63) is 0 Å². The first-order valence-electron chi connectivity index (χ1n) is 5.53. The Bertz CT molecular complexity index is 223. The van der Waals surface area contributed by atoms with Crippen LogP contribution in [0.4, 0.5) is 0 Å². The maximum Gasteiger partial charge on any atom is 0.141 e. The first-order chi connectivity index (χ1) is 6.79. The summed E-state index contributed by atoms with van der Waals surface area (Å²) >= 11 is 0. The fourth-order valence-electron chi connectivity index (χ4n) is 2.02. The monoisotopic (exact) mass is 197 g/mol. The molecule has 3 nitrogen and oxygen atoms in total. The smallest absolute Gasteiger partial charge is 0.141 e. The van der Waals surface area contributed by atoms with E-state index in [2.05, 4.69) is 12.1 Å². The molecular formula is C11H19NO2. The molecule has 1 saturated carbocycles. The molecule has 0 aliphatic heterocycles. The molecule has 1 aliphatic rings. The minimum Gasteiger partial charge on any atom is -0.411 e. The highest BCUT2D eigenvalue weighted by Gasteiger charge is 2.27. The maximum atomic E-state index is 11.6. The van der Waals surface area contributed by atoms with E-state index in [1.807, 2.05) is 0 Å². The number of hydrogen-bond acceptors (Lipinski definition) is 3. The number of hydrogen-bond donors (Lipinski definition) is 1. The van der Waals surface area contributed by atoms with E-state index < -0.39 is 0 Å². The van der Waals surface area contributed by atoms with Crippen LogP contribution in [0, 0.1) is 5.92 Å². The van der Waals surface area contributed by atoms with Crippen molar-refractivity contribution in [2.75, 3.05) is 0 Å². The highest BCUT2D eigenvalue weighted by Crippen LogP contribution is 2.23. The number of rotatable bonds is 4. The van der Waals surface area contributed by atoms with Gasteiger partial charge in [-0.05, 0) is 19.3 Å². The van der Waals surface area contributed by atoms with E-state index in [9.17, 15) is 4.79 Å². The van der Waals surface area contributed by atoms with Gasteiger partial charge in [-0.1, -0.05) is 31.3 Å². The second-order valence-corrected chi connectivity index (χ2v) is 3.96. The molecule has 1 rings (SSSR count). The van der Waals surface area contributed by atoms with Crippen LogP contribution in [0.2, 0.25) is 0 Å². The van der Waals surface area contributed by atoms with Crippen LogP contribution in [0.1, 0.15) is 51.9 Å². The summed E-state index contributed by atoms with van der Waals surface area (Å²) in [5.41, 5.74) is 0.706. The quantitative estimate of drug-likeness (QED) is 0.428. The van der Waals surface area contributed by atoms with Gasteiger partial charge in [0.15, 0.2) is 0 Å². The second-order valence-electron chi connectivity index (χ2n) is 3.96. The Kier molecular flexibility index (Phi) is 4.63. The molecule has 80 valence electrons. The Morgan fingerprint density at radius 2 is 2.21 bits per heavy atom. The fraction of sp³-hybridized carbons (Fsp3) is 0.818. The van der Waals surface area contributed by atoms with Gasteiger partial charge in [0, 0.05) is 6.42 Å². The van der Waals surface area contributed by atoms with Crippen LogP contribution in [-0.2, 0) is 4.79 Å². The van der Waals surface area contributed by atoms with Gasteiger partial charge in [-0.25, -0.2) is 0 Å². The lowest BCUT2D eigenvalue weighted by atomic mass is 9.83. The van der Waals surface area contributed by atoms with Gasteiger partial charge in [-0.2, -0.15) is 0 Å². The van der Waals surface area contributed by atoms with E-state index in [1.54, 1.807) is 0 Å². The van der Waals surface area contributed by atoms with Crippen molar-refractivity contribution in [3.63, 3.8) is 0 Å². The standard InChI is InChI=1S/C11H19NO2/c1-2-3-4-6-9-10(12-14)7-5-8-11(9)13/h9,14H,2-8H2,1H3/b12-10+. The van der Waals surface area contributed by atoms with Crippen LogP contribution < -0.4 is 0 Å². The third-order valence-corrected chi connectivity index (χ3v) is 2.87. The first kappa shape index (κ1) is 11.2. The highest BCUT2D eigenvalue weighted by molar-refractivity contribution is 6.06. The van der Waals surface area contributed by atoms with Crippen molar-refractivity contribution in [1.82, 2.24) is 0 Å². The SMILES string of the molecule is CCCCCC1C(=O)CCC/C1=N\O. The van der Waals surface area contributed by atoms with Gasteiger partial charge < -0.3 is 5.21 Å². The summed E-state index contributed by atoms with van der Waals surface area (Å²) in [6, 6.07) is 0. The Morgan fingerprint density at radius 3 is 2.86 bits per heavy atom. The molecule has 1 atom stereocenters. The number of unbranched alkanes of at least 4 members (excludes halogenated alkanes) is 2. The minimum atomic E-state index is -0.0831. The molecule has 3 heteroatoms. The number of nitrogens with zero attached hydrogens (tertiary/aromatic N) is 1. The Balaban J connectivity index is 2.47. The molecule has 0 heterocycles. The molecule has 0 spiro atoms. The lowest BCUT2D eigenvalue weighted by Gasteiger charge is -2.21. The normalized spacial score (nSPS) is 25.6. The molecule has 1 N–H and O–H groups in total. The largest absolute Gasteiger partial charge is 0.411 e. The lowest BCUT2D eigenvalue weighted by molar-refractivity contribution is -0.121. The number of ketones is 1. The summed E-state index contributed by atoms with van der Waals surface area (Å²) in [5, 5.41) is 12.0. The van der Waals surface area contributed by atoms with Crippen LogP contribution in [0.3, 0.4) is 0 Å². The average Bonchev–Trinajstić information content (AvgIpc) is 2.20. The third kappa shape index (κ3) is 2.82. The predicted molar refractivity (Wildman–Crippen MR) is 55.7 cm³/mol. The molecule has 1 unspecified atom stereocenters. The van der Waals surface area contributed by atoms with E-state index in [0.29, 0.717) is 12.1 Å². The number of carbonyl (C=O) groups excluding carboxylic acids is 1. The molecule has 0 aromatic carbocycles. The van der Waals surface area contributed by atoms with Crippen molar-refractivity contribution in [3.8, 4) is 0 Å². The second kappa shape index (κ2) is 5.78. The maximum absolute atomic E-state index is 11.6. The molecule has 0 bridgehead atoms. The van der Waals surface area contributed by atoms with E-state index in [-0.39, 0.29) is 11.7 Å². The van der Waals surface area contributed by atoms with Crippen LogP contribution in [0.25, 0.3) is 0 Å². The van der Waals surface area contributed by atoms with E-state index in [0.717, 1.165) is 38.5 Å². The summed E-state index contributed by atoms with van der Waals surface area (Å²) in [4.78, 5) is 11.6. The van der Waals surface area contributed by atoms with Crippen molar-refractivity contribution < 1.29 is 10.0 Å². The van der Waals surface area contributed by atoms with Crippen molar-refractivity contribution in [1.29, 1.82) is 0 Å². The van der Waals surface area contributed by atoms with Crippen LogP contribution >= 0.6 is 0 Å². The van der Waals surface area contributed by atoms with Crippen molar-refractivity contribution >= 4 is 11.5 Å². The molecule has 0 saturated heterocycles. The minimum absolute atomic E-state index is 0.0831. The van der Waals surface area contributed by atoms with Crippen LogP contribution in [0.5, 0.6) is 0 Å². The van der Waals surface area contributed by atoms with Gasteiger partial charge in [-0.15, -0.1) is 0 Å². The van der Waals surface area contributed by atoms with Gasteiger partial charge in [0.05, 0.1) is 11.6 Å². The lowest BCUT2D eigenvalue weighted by Crippen LogP contribution is -2.28. The van der Waals surface area contributed by atoms with Gasteiger partial charge in [0.25, 0.3) is 0 Å². The molecular weight excluding hydrogens is 178 g/mol. The summed E-state index contributed by atoms with van der Waals surface area (Å²) in [7, 11) is 0. The molecule has 1 fully saturated rings. The van der Waals surface area contributed by atoms with E-state index >= 15 is 0 Å². The molecule has 0 amide bonds. The number of oxime groups is 1. The van der Waals surface area contributed by atoms with E-state index in [4.69, 9.17) is 5.21 Å². The summed E-state index contributed by atoms with van der Waals surface area (Å²) in [6.45, 7) is 2.14. The van der Waals surface area contributed by atoms with Crippen molar-refractivity contribution in [2.24, 2.45) is 11.1 Å². The Labute approximate surface area is 85.2 Å². The number of Topliss-reactive ketones (excluding diaryl/α,β-unsaturated/α-hetero) is 1. The van der Waals surface area contributed by atoms with Gasteiger partial charge in [0.2, 0.25) is 0 Å². The predicted octanol–water partition coefficient (Wildman–Crippen LogP) is 2.77. The zero-order valence-corrected chi connectivity index (χ0v) is 8.83. The zero-order valence-electron chi connectivity index (χ0n) is 8.83. The molecule has 0 radical (unpaired) electrons. The summed E-state index contributed by atoms with van der Waals surface area (Å²) < 4.78 is 0.